The number of hydrogen-bond donors (Lipinski definition) is 0. The number of benzene rings is 5. The molecule has 5 aromatic carbocycles. The van der Waals surface area contributed by atoms with Crippen molar-refractivity contribution in [2.45, 2.75) is 0 Å². The van der Waals surface area contributed by atoms with Crippen LogP contribution in [0.15, 0.2) is 115 Å². The van der Waals surface area contributed by atoms with Gasteiger partial charge in [0.2, 0.25) is 0 Å². The summed E-state index contributed by atoms with van der Waals surface area (Å²) in [4.78, 5) is 0. The average Bonchev–Trinajstić information content (AvgIpc) is 3.00. The molecule has 0 atom stereocenters. The molecule has 0 N–H and O–H groups in total. The molecule has 2 nitrogen and oxygen atoms in total. The molecule has 3 heteroatoms. The molecular weight excluding hydrogens is 403 g/mol. The van der Waals surface area contributed by atoms with Crippen molar-refractivity contribution in [3.63, 3.8) is 0 Å². The third-order valence-corrected chi connectivity index (χ3v) is 5.98. The summed E-state index contributed by atoms with van der Waals surface area (Å²) < 4.78 is 94.4. The molecule has 2 aliphatic rings. The summed E-state index contributed by atoms with van der Waals surface area (Å²) in [6.07, 6.45) is 0. The summed E-state index contributed by atoms with van der Waals surface area (Å²) in [6, 6.07) is 12.0. The summed E-state index contributed by atoms with van der Waals surface area (Å²) in [6.45, 7) is -0.345. The molecule has 2 aliphatic heterocycles. The number of hydrogen-bond acceptors (Lipinski definition) is 2. The van der Waals surface area contributed by atoms with Gasteiger partial charge in [-0.15, -0.1) is 0 Å². The Bertz CT molecular complexity index is 1860. The van der Waals surface area contributed by atoms with Crippen molar-refractivity contribution < 1.29 is 23.2 Å². The van der Waals surface area contributed by atoms with Gasteiger partial charge in [0.1, 0.15) is 23.0 Å². The molecule has 0 fully saturated rings. The second-order valence-corrected chi connectivity index (χ2v) is 7.81. The molecule has 7 rings (SSSR count). The molecular formula is C30H19BO2. The Morgan fingerprint density at radius 1 is 0.515 bits per heavy atom. The van der Waals surface area contributed by atoms with Crippen LogP contribution in [-0.4, -0.2) is 6.71 Å². The number of fused-ring (bicyclic) bond motifs is 4. The molecule has 2 heterocycles. The van der Waals surface area contributed by atoms with Crippen LogP contribution in [-0.2, 0) is 0 Å². The highest BCUT2D eigenvalue weighted by molar-refractivity contribution is 6.98. The minimum absolute atomic E-state index is 0.0765. The maximum atomic E-state index is 8.41. The number of rotatable bonds is 2. The van der Waals surface area contributed by atoms with E-state index in [9.17, 15) is 0 Å². The third-order valence-electron chi connectivity index (χ3n) is 5.98. The van der Waals surface area contributed by atoms with Crippen molar-refractivity contribution in [2.75, 3.05) is 0 Å². The van der Waals surface area contributed by atoms with Crippen molar-refractivity contribution in [1.82, 2.24) is 0 Å². The van der Waals surface area contributed by atoms with E-state index in [1.165, 1.54) is 0 Å². The van der Waals surface area contributed by atoms with Crippen LogP contribution in [0.25, 0.3) is 22.3 Å². The molecule has 0 amide bonds. The Morgan fingerprint density at radius 2 is 1.00 bits per heavy atom. The lowest BCUT2D eigenvalue weighted by molar-refractivity contribution is 0.464. The molecule has 0 bridgehead atoms. The van der Waals surface area contributed by atoms with E-state index >= 15 is 0 Å². The van der Waals surface area contributed by atoms with Gasteiger partial charge >= 0.3 is 0 Å². The fourth-order valence-electron chi connectivity index (χ4n) is 4.52. The van der Waals surface area contributed by atoms with E-state index in [1.807, 2.05) is 12.1 Å². The second-order valence-electron chi connectivity index (χ2n) is 7.81. The quantitative estimate of drug-likeness (QED) is 0.324. The highest BCUT2D eigenvalue weighted by Gasteiger charge is 2.40. The van der Waals surface area contributed by atoms with Crippen molar-refractivity contribution in [3.8, 4) is 45.3 Å². The van der Waals surface area contributed by atoms with Gasteiger partial charge in [-0.3, -0.25) is 0 Å². The summed E-state index contributed by atoms with van der Waals surface area (Å²) in [5.74, 6) is 2.02. The average molecular weight is 432 g/mol. The van der Waals surface area contributed by atoms with Gasteiger partial charge in [0.15, 0.2) is 0 Å². The first-order valence-corrected chi connectivity index (χ1v) is 10.4. The third kappa shape index (κ3) is 2.90. The first kappa shape index (κ1) is 11.1. The monoisotopic (exact) mass is 432 g/mol. The lowest BCUT2D eigenvalue weighted by Gasteiger charge is -2.33. The molecule has 0 spiro atoms. The Morgan fingerprint density at radius 3 is 1.48 bits per heavy atom. The van der Waals surface area contributed by atoms with E-state index in [0.29, 0.717) is 34.1 Å². The summed E-state index contributed by atoms with van der Waals surface area (Å²) in [5, 5.41) is 0. The minimum atomic E-state index is -0.462. The second kappa shape index (κ2) is 7.14. The Kier molecular flexibility index (Phi) is 2.40. The van der Waals surface area contributed by atoms with Crippen LogP contribution in [0.4, 0.5) is 0 Å². The molecule has 154 valence electrons. The van der Waals surface area contributed by atoms with E-state index in [2.05, 4.69) is 0 Å². The highest BCUT2D eigenvalue weighted by Crippen LogP contribution is 2.36. The standard InChI is InChI=1S/C30H19BO2/c1-3-8-20(9-4-1)22-14-16-24-28(18-22)32-26-12-7-13-27-30(26)31(24)25-17-15-23(19-29(25)33-27)21-10-5-2-6-11-21/h1-19H/i1D,2D,3D,4D,5D,6D,8D,9D,10D,11D. The summed E-state index contributed by atoms with van der Waals surface area (Å²) in [5.41, 5.74) is 3.33. The first-order chi connectivity index (χ1) is 20.5. The smallest absolute Gasteiger partial charge is 0.260 e. The van der Waals surface area contributed by atoms with E-state index in [1.54, 1.807) is 42.5 Å². The van der Waals surface area contributed by atoms with Gasteiger partial charge in [0, 0.05) is 5.46 Å². The summed E-state index contributed by atoms with van der Waals surface area (Å²) in [7, 11) is 0. The predicted molar refractivity (Wildman–Crippen MR) is 135 cm³/mol. The van der Waals surface area contributed by atoms with Gasteiger partial charge < -0.3 is 9.47 Å². The largest absolute Gasteiger partial charge is 0.458 e. The molecule has 5 aromatic rings. The van der Waals surface area contributed by atoms with Crippen molar-refractivity contribution in [3.05, 3.63) is 115 Å². The molecule has 0 saturated heterocycles. The van der Waals surface area contributed by atoms with Crippen LogP contribution in [0, 0.1) is 0 Å². The SMILES string of the molecule is [2H]c1c([2H])c([2H])c(-c2ccc3c(c2)Oc2cccc4c2B3c2ccc(-c3c([2H])c([2H])c([2H])c([2H])c3[2H])cc2O4)c([2H])c1[2H]. The van der Waals surface area contributed by atoms with Crippen LogP contribution < -0.4 is 25.9 Å². The zero-order valence-corrected chi connectivity index (χ0v) is 17.1. The Balaban J connectivity index is 1.40. The van der Waals surface area contributed by atoms with Crippen molar-refractivity contribution in [2.24, 2.45) is 0 Å². The Hall–Kier alpha value is -4.24. The molecule has 0 radical (unpaired) electrons. The van der Waals surface area contributed by atoms with E-state index < -0.39 is 36.3 Å². The fraction of sp³-hybridized carbons (Fsp3) is 0. The normalized spacial score (nSPS) is 16.9. The molecule has 0 aliphatic carbocycles. The molecule has 0 aromatic heterocycles. The number of ether oxygens (including phenoxy) is 2. The first-order valence-electron chi connectivity index (χ1n) is 15.4. The van der Waals surface area contributed by atoms with Gasteiger partial charge in [0.25, 0.3) is 6.71 Å². The van der Waals surface area contributed by atoms with Crippen LogP contribution >= 0.6 is 0 Å². The van der Waals surface area contributed by atoms with Crippen molar-refractivity contribution >= 4 is 23.1 Å². The molecule has 0 saturated carbocycles. The van der Waals surface area contributed by atoms with Gasteiger partial charge in [0.05, 0.1) is 13.7 Å². The predicted octanol–water partition coefficient (Wildman–Crippen LogP) is 5.75. The maximum Gasteiger partial charge on any atom is 0.260 e. The van der Waals surface area contributed by atoms with Gasteiger partial charge in [-0.05, 0) is 57.4 Å². The minimum Gasteiger partial charge on any atom is -0.458 e. The lowest BCUT2D eigenvalue weighted by Crippen LogP contribution is -2.57. The van der Waals surface area contributed by atoms with Crippen LogP contribution in [0.3, 0.4) is 0 Å². The van der Waals surface area contributed by atoms with Crippen LogP contribution in [0.5, 0.6) is 23.0 Å². The molecule has 0 unspecified atom stereocenters. The Labute approximate surface area is 207 Å². The van der Waals surface area contributed by atoms with Crippen molar-refractivity contribution in [1.29, 1.82) is 0 Å². The maximum absolute atomic E-state index is 8.41. The van der Waals surface area contributed by atoms with Gasteiger partial charge in [-0.2, -0.15) is 0 Å². The molecule has 33 heavy (non-hydrogen) atoms. The zero-order chi connectivity index (χ0) is 30.5. The van der Waals surface area contributed by atoms with E-state index in [0.717, 1.165) is 16.4 Å². The lowest BCUT2D eigenvalue weighted by atomic mass is 9.35. The van der Waals surface area contributed by atoms with Gasteiger partial charge in [-0.25, -0.2) is 0 Å². The van der Waals surface area contributed by atoms with E-state index in [-0.39, 0.29) is 42.0 Å². The fourth-order valence-corrected chi connectivity index (χ4v) is 4.52. The highest BCUT2D eigenvalue weighted by atomic mass is 16.5. The van der Waals surface area contributed by atoms with Gasteiger partial charge in [-0.1, -0.05) is 90.8 Å². The van der Waals surface area contributed by atoms with E-state index in [4.69, 9.17) is 23.2 Å². The topological polar surface area (TPSA) is 18.5 Å². The zero-order valence-electron chi connectivity index (χ0n) is 27.1. The van der Waals surface area contributed by atoms with Crippen LogP contribution in [0.1, 0.15) is 13.7 Å². The summed E-state index contributed by atoms with van der Waals surface area (Å²) >= 11 is 0. The van der Waals surface area contributed by atoms with Crippen LogP contribution in [0.2, 0.25) is 0 Å².